The van der Waals surface area contributed by atoms with Crippen LogP contribution in [-0.4, -0.2) is 33.1 Å². The molecule has 0 N–H and O–H groups in total. The quantitative estimate of drug-likeness (QED) is 0.381. The van der Waals surface area contributed by atoms with Crippen LogP contribution < -0.4 is 0 Å². The SMILES string of the molecule is CC(F)(F)C(F)(F)Cn1c(S)c(S)n(CC(F)(F)C(F)(F)F)c1=S. The predicted octanol–water partition coefficient (Wildman–Crippen LogP) is 5.08. The van der Waals surface area contributed by atoms with Crippen molar-refractivity contribution in [3.8, 4) is 0 Å². The third-order valence-corrected chi connectivity index (χ3v) is 4.47. The molecule has 1 aromatic heterocycles. The molecule has 0 atom stereocenters. The summed E-state index contributed by atoms with van der Waals surface area (Å²) in [6.45, 7) is -3.90. The van der Waals surface area contributed by atoms with Crippen LogP contribution in [0.1, 0.15) is 6.92 Å². The topological polar surface area (TPSA) is 9.86 Å². The van der Waals surface area contributed by atoms with Gasteiger partial charge in [0.05, 0.1) is 13.1 Å². The Morgan fingerprint density at radius 2 is 1.12 bits per heavy atom. The normalized spacial score (nSPS) is 14.3. The van der Waals surface area contributed by atoms with Crippen molar-refractivity contribution in [2.24, 2.45) is 0 Å². The van der Waals surface area contributed by atoms with Crippen molar-refractivity contribution in [2.45, 2.75) is 54.0 Å². The average Bonchev–Trinajstić information content (AvgIpc) is 2.53. The Balaban J connectivity index is 3.34. The largest absolute Gasteiger partial charge is 0.455 e. The van der Waals surface area contributed by atoms with Gasteiger partial charge in [0, 0.05) is 6.92 Å². The van der Waals surface area contributed by atoms with Crippen LogP contribution in [0.25, 0.3) is 0 Å². The molecule has 0 saturated heterocycles. The molecule has 0 fully saturated rings. The Morgan fingerprint density at radius 1 is 0.792 bits per heavy atom. The van der Waals surface area contributed by atoms with Gasteiger partial charge in [0.15, 0.2) is 4.77 Å². The average molecular weight is 424 g/mol. The summed E-state index contributed by atoms with van der Waals surface area (Å²) in [7, 11) is 0. The number of aromatic nitrogens is 2. The first-order valence-electron chi connectivity index (χ1n) is 5.84. The molecule has 0 bridgehead atoms. The number of alkyl halides is 9. The van der Waals surface area contributed by atoms with Gasteiger partial charge in [-0.25, -0.2) is 8.78 Å². The molecule has 1 rings (SSSR count). The minimum absolute atomic E-state index is 0.0782. The van der Waals surface area contributed by atoms with E-state index in [9.17, 15) is 39.5 Å². The molecule has 140 valence electrons. The second-order valence-electron chi connectivity index (χ2n) is 4.90. The van der Waals surface area contributed by atoms with E-state index in [1.54, 1.807) is 0 Å². The van der Waals surface area contributed by atoms with E-state index in [1.165, 1.54) is 0 Å². The second-order valence-corrected chi connectivity index (χ2v) is 6.11. The minimum atomic E-state index is -5.93. The monoisotopic (exact) mass is 424 g/mol. The van der Waals surface area contributed by atoms with Crippen LogP contribution in [0.15, 0.2) is 10.1 Å². The molecule has 2 nitrogen and oxygen atoms in total. The van der Waals surface area contributed by atoms with E-state index < -0.39 is 51.9 Å². The summed E-state index contributed by atoms with van der Waals surface area (Å²) < 4.78 is 115. The molecule has 0 spiro atoms. The highest BCUT2D eigenvalue weighted by Gasteiger charge is 2.58. The van der Waals surface area contributed by atoms with Gasteiger partial charge in [0.25, 0.3) is 0 Å². The minimum Gasteiger partial charge on any atom is -0.305 e. The maximum absolute atomic E-state index is 13.4. The Morgan fingerprint density at radius 3 is 1.42 bits per heavy atom. The van der Waals surface area contributed by atoms with Gasteiger partial charge in [-0.05, 0) is 12.2 Å². The molecule has 0 aliphatic rings. The molecule has 0 unspecified atom stereocenters. The van der Waals surface area contributed by atoms with Crippen molar-refractivity contribution in [3.05, 3.63) is 4.77 Å². The van der Waals surface area contributed by atoms with Gasteiger partial charge in [0.1, 0.15) is 10.1 Å². The van der Waals surface area contributed by atoms with E-state index >= 15 is 0 Å². The number of hydrogen-bond acceptors (Lipinski definition) is 3. The van der Waals surface area contributed by atoms with Gasteiger partial charge in [-0.1, -0.05) is 0 Å². The molecule has 0 saturated carbocycles. The second kappa shape index (κ2) is 6.34. The summed E-state index contributed by atoms with van der Waals surface area (Å²) >= 11 is 11.8. The molecular formula is C10H9F9N2S3. The van der Waals surface area contributed by atoms with Crippen LogP contribution in [0.5, 0.6) is 0 Å². The lowest BCUT2D eigenvalue weighted by Crippen LogP contribution is -2.42. The highest BCUT2D eigenvalue weighted by molar-refractivity contribution is 7.83. The van der Waals surface area contributed by atoms with Crippen molar-refractivity contribution < 1.29 is 39.5 Å². The Hall–Kier alpha value is -0.500. The number of halogens is 9. The summed E-state index contributed by atoms with van der Waals surface area (Å²) in [6.07, 6.45) is -5.93. The fourth-order valence-corrected chi connectivity index (χ4v) is 2.50. The highest BCUT2D eigenvalue weighted by atomic mass is 32.1. The number of rotatable bonds is 5. The van der Waals surface area contributed by atoms with Gasteiger partial charge in [-0.3, -0.25) is 0 Å². The molecule has 14 heteroatoms. The molecular weight excluding hydrogens is 415 g/mol. The van der Waals surface area contributed by atoms with E-state index in [0.717, 1.165) is 0 Å². The van der Waals surface area contributed by atoms with E-state index in [1.807, 2.05) is 0 Å². The smallest absolute Gasteiger partial charge is 0.305 e. The summed E-state index contributed by atoms with van der Waals surface area (Å²) in [5, 5.41) is -1.34. The summed E-state index contributed by atoms with van der Waals surface area (Å²) in [4.78, 5) is 0. The van der Waals surface area contributed by atoms with Crippen LogP contribution in [0.4, 0.5) is 39.5 Å². The van der Waals surface area contributed by atoms with Crippen LogP contribution in [0, 0.1) is 4.77 Å². The van der Waals surface area contributed by atoms with Crippen molar-refractivity contribution in [1.82, 2.24) is 9.13 Å². The predicted molar refractivity (Wildman–Crippen MR) is 74.3 cm³/mol. The van der Waals surface area contributed by atoms with Gasteiger partial charge in [-0.2, -0.15) is 30.7 Å². The van der Waals surface area contributed by atoms with E-state index in [2.05, 4.69) is 37.5 Å². The number of hydrogen-bond donors (Lipinski definition) is 2. The molecule has 0 aliphatic heterocycles. The number of thiol groups is 2. The Kier molecular flexibility index (Phi) is 5.69. The lowest BCUT2D eigenvalue weighted by atomic mass is 10.2. The van der Waals surface area contributed by atoms with Crippen molar-refractivity contribution in [1.29, 1.82) is 0 Å². The van der Waals surface area contributed by atoms with Crippen LogP contribution in [-0.2, 0) is 13.1 Å². The lowest BCUT2D eigenvalue weighted by Gasteiger charge is -2.23. The van der Waals surface area contributed by atoms with Crippen molar-refractivity contribution in [3.63, 3.8) is 0 Å². The summed E-state index contributed by atoms with van der Waals surface area (Å²) in [5.41, 5.74) is 0. The molecule has 1 aromatic rings. The van der Waals surface area contributed by atoms with Gasteiger partial charge >= 0.3 is 23.9 Å². The van der Waals surface area contributed by atoms with E-state index in [0.29, 0.717) is 0 Å². The molecule has 0 radical (unpaired) electrons. The zero-order chi connectivity index (χ0) is 19.3. The molecule has 0 aliphatic carbocycles. The van der Waals surface area contributed by atoms with E-state index in [4.69, 9.17) is 0 Å². The van der Waals surface area contributed by atoms with Gasteiger partial charge < -0.3 is 9.13 Å². The number of imidazole rings is 1. The van der Waals surface area contributed by atoms with Crippen molar-refractivity contribution >= 4 is 37.5 Å². The summed E-state index contributed by atoms with van der Waals surface area (Å²) in [6, 6.07) is 0. The summed E-state index contributed by atoms with van der Waals surface area (Å²) in [5.74, 6) is -14.4. The standard InChI is InChI=1S/C10H9F9N2S3/c1-7(11,12)8(13,14)2-20-4(22)5(23)21(6(20)24)3-9(15,16)10(17,18)19/h22-23H,2-3H2,1H3. The zero-order valence-corrected chi connectivity index (χ0v) is 14.1. The van der Waals surface area contributed by atoms with Crippen LogP contribution in [0.2, 0.25) is 0 Å². The van der Waals surface area contributed by atoms with Crippen LogP contribution >= 0.6 is 37.5 Å². The molecule has 0 amide bonds. The first-order valence-corrected chi connectivity index (χ1v) is 7.14. The fraction of sp³-hybridized carbons (Fsp3) is 0.700. The maximum atomic E-state index is 13.4. The highest BCUT2D eigenvalue weighted by Crippen LogP contribution is 2.39. The first-order chi connectivity index (χ1) is 10.4. The van der Waals surface area contributed by atoms with Gasteiger partial charge in [-0.15, -0.1) is 25.3 Å². The van der Waals surface area contributed by atoms with Gasteiger partial charge in [0.2, 0.25) is 0 Å². The third-order valence-electron chi connectivity index (χ3n) is 2.94. The first kappa shape index (κ1) is 21.5. The molecule has 24 heavy (non-hydrogen) atoms. The maximum Gasteiger partial charge on any atom is 0.455 e. The number of nitrogens with zero attached hydrogens (tertiary/aromatic N) is 2. The Labute approximate surface area is 145 Å². The molecule has 1 heterocycles. The van der Waals surface area contributed by atoms with E-state index in [-0.39, 0.29) is 16.1 Å². The lowest BCUT2D eigenvalue weighted by molar-refractivity contribution is -0.287. The Bertz CT molecular complexity index is 614. The molecule has 0 aromatic carbocycles. The fourth-order valence-electron chi connectivity index (χ4n) is 1.48. The van der Waals surface area contributed by atoms with Crippen LogP contribution in [0.3, 0.4) is 0 Å². The van der Waals surface area contributed by atoms with Crippen molar-refractivity contribution in [2.75, 3.05) is 0 Å². The third kappa shape index (κ3) is 4.00. The zero-order valence-electron chi connectivity index (χ0n) is 11.5.